The van der Waals surface area contributed by atoms with E-state index >= 15 is 0 Å². The third-order valence-corrected chi connectivity index (χ3v) is 5.91. The summed E-state index contributed by atoms with van der Waals surface area (Å²) in [4.78, 5) is 28.7. The molecule has 2 fully saturated rings. The molecule has 0 aromatic heterocycles. The molecule has 3 aliphatic heterocycles. The first-order valence-electron chi connectivity index (χ1n) is 9.82. The summed E-state index contributed by atoms with van der Waals surface area (Å²) in [6.45, 7) is 3.44. The van der Waals surface area contributed by atoms with Crippen LogP contribution in [0.1, 0.15) is 36.8 Å². The van der Waals surface area contributed by atoms with E-state index < -0.39 is 0 Å². The third kappa shape index (κ3) is 4.74. The van der Waals surface area contributed by atoms with E-state index in [9.17, 15) is 9.59 Å². The van der Waals surface area contributed by atoms with Gasteiger partial charge >= 0.3 is 6.03 Å². The van der Waals surface area contributed by atoms with Crippen LogP contribution in [0.3, 0.4) is 0 Å². The summed E-state index contributed by atoms with van der Waals surface area (Å²) in [7, 11) is 0. The number of nitrogens with one attached hydrogen (secondary N) is 2. The lowest BCUT2D eigenvalue weighted by Gasteiger charge is -2.29. The van der Waals surface area contributed by atoms with Crippen molar-refractivity contribution < 1.29 is 9.59 Å². The van der Waals surface area contributed by atoms with E-state index in [2.05, 4.69) is 22.8 Å². The minimum absolute atomic E-state index is 0. The van der Waals surface area contributed by atoms with E-state index in [1.54, 1.807) is 0 Å². The highest BCUT2D eigenvalue weighted by Crippen LogP contribution is 2.21. The lowest BCUT2D eigenvalue weighted by molar-refractivity contribution is -0.131. The standard InChI is InChI=1S/C20H28N4O2.ClH/c25-19(23-12-9-17-5-6-18(14-23)22-17)7-10-21-20(26)24-11-8-15-3-1-2-4-16(15)13-24;/h1-4,17-18,22H,5-14H2,(H,21,26);1H. The molecule has 27 heavy (non-hydrogen) atoms. The molecule has 2 N–H and O–H groups in total. The third-order valence-electron chi connectivity index (χ3n) is 5.91. The Morgan fingerprint density at radius 2 is 1.81 bits per heavy atom. The molecule has 2 unspecified atom stereocenters. The van der Waals surface area contributed by atoms with E-state index in [-0.39, 0.29) is 24.3 Å². The van der Waals surface area contributed by atoms with Crippen molar-refractivity contribution in [3.05, 3.63) is 35.4 Å². The van der Waals surface area contributed by atoms with Crippen LogP contribution in [0.2, 0.25) is 0 Å². The van der Waals surface area contributed by atoms with Crippen LogP contribution in [0.25, 0.3) is 0 Å². The fraction of sp³-hybridized carbons (Fsp3) is 0.600. The molecule has 0 aliphatic carbocycles. The first-order valence-corrected chi connectivity index (χ1v) is 9.82. The van der Waals surface area contributed by atoms with Gasteiger partial charge in [0.2, 0.25) is 5.91 Å². The number of carbonyl (C=O) groups excluding carboxylic acids is 2. The molecular weight excluding hydrogens is 364 g/mol. The molecule has 2 atom stereocenters. The van der Waals surface area contributed by atoms with Gasteiger partial charge in [-0.1, -0.05) is 24.3 Å². The Balaban J connectivity index is 0.00000210. The smallest absolute Gasteiger partial charge is 0.317 e. The number of likely N-dealkylation sites (tertiary alicyclic amines) is 1. The molecule has 0 radical (unpaired) electrons. The number of halogens is 1. The summed E-state index contributed by atoms with van der Waals surface area (Å²) in [5.41, 5.74) is 2.55. The lowest BCUT2D eigenvalue weighted by atomic mass is 10.0. The van der Waals surface area contributed by atoms with Crippen molar-refractivity contribution in [2.75, 3.05) is 26.2 Å². The molecule has 148 valence electrons. The normalized spacial score (nSPS) is 23.9. The number of benzene rings is 1. The average Bonchev–Trinajstić information content (AvgIpc) is 2.99. The van der Waals surface area contributed by atoms with Gasteiger partial charge in [-0.25, -0.2) is 4.79 Å². The summed E-state index contributed by atoms with van der Waals surface area (Å²) in [6, 6.07) is 9.25. The Morgan fingerprint density at radius 1 is 1.04 bits per heavy atom. The molecule has 4 rings (SSSR count). The van der Waals surface area contributed by atoms with Crippen molar-refractivity contribution in [3.8, 4) is 0 Å². The van der Waals surface area contributed by atoms with Crippen LogP contribution in [0.15, 0.2) is 24.3 Å². The van der Waals surface area contributed by atoms with Crippen molar-refractivity contribution in [1.29, 1.82) is 0 Å². The van der Waals surface area contributed by atoms with Crippen molar-refractivity contribution >= 4 is 24.3 Å². The van der Waals surface area contributed by atoms with E-state index in [0.717, 1.165) is 32.5 Å². The molecule has 6 nitrogen and oxygen atoms in total. The molecule has 0 spiro atoms. The molecule has 3 amide bonds. The predicted molar refractivity (Wildman–Crippen MR) is 107 cm³/mol. The summed E-state index contributed by atoms with van der Waals surface area (Å²) >= 11 is 0. The van der Waals surface area contributed by atoms with Gasteiger partial charge in [-0.2, -0.15) is 0 Å². The summed E-state index contributed by atoms with van der Waals surface area (Å²) in [6.07, 6.45) is 4.73. The SMILES string of the molecule is Cl.O=C(CCNC(=O)N1CCc2ccccc2C1)N1CCC2CCC(C1)N2. The number of fused-ring (bicyclic) bond motifs is 3. The van der Waals surface area contributed by atoms with E-state index in [0.29, 0.717) is 31.6 Å². The number of urea groups is 1. The molecule has 3 heterocycles. The second-order valence-electron chi connectivity index (χ2n) is 7.69. The Morgan fingerprint density at radius 3 is 2.67 bits per heavy atom. The van der Waals surface area contributed by atoms with Crippen LogP contribution in [-0.2, 0) is 17.8 Å². The Hall–Kier alpha value is -1.79. The molecule has 1 aromatic rings. The maximum atomic E-state index is 12.5. The monoisotopic (exact) mass is 392 g/mol. The number of nitrogens with zero attached hydrogens (tertiary/aromatic N) is 2. The summed E-state index contributed by atoms with van der Waals surface area (Å²) in [5, 5.41) is 6.52. The van der Waals surface area contributed by atoms with Gasteiger partial charge in [0.1, 0.15) is 0 Å². The quantitative estimate of drug-likeness (QED) is 0.826. The topological polar surface area (TPSA) is 64.7 Å². The number of hydrogen-bond donors (Lipinski definition) is 2. The summed E-state index contributed by atoms with van der Waals surface area (Å²) < 4.78 is 0. The minimum Gasteiger partial charge on any atom is -0.341 e. The zero-order chi connectivity index (χ0) is 17.9. The van der Waals surface area contributed by atoms with E-state index in [4.69, 9.17) is 0 Å². The molecule has 2 saturated heterocycles. The van der Waals surface area contributed by atoms with Crippen LogP contribution < -0.4 is 10.6 Å². The Kier molecular flexibility index (Phi) is 6.60. The van der Waals surface area contributed by atoms with Gasteiger partial charge < -0.3 is 20.4 Å². The Labute approximate surface area is 167 Å². The molecule has 2 bridgehead atoms. The van der Waals surface area contributed by atoms with Crippen LogP contribution >= 0.6 is 12.4 Å². The Bertz CT molecular complexity index is 684. The van der Waals surface area contributed by atoms with Gasteiger partial charge in [-0.3, -0.25) is 4.79 Å². The van der Waals surface area contributed by atoms with Gasteiger partial charge in [0.15, 0.2) is 0 Å². The van der Waals surface area contributed by atoms with E-state index in [1.165, 1.54) is 24.0 Å². The second kappa shape index (κ2) is 8.93. The van der Waals surface area contributed by atoms with Gasteiger partial charge in [0, 0.05) is 51.2 Å². The second-order valence-corrected chi connectivity index (χ2v) is 7.69. The maximum absolute atomic E-state index is 12.5. The van der Waals surface area contributed by atoms with Gasteiger partial charge in [0.25, 0.3) is 0 Å². The van der Waals surface area contributed by atoms with Crippen molar-refractivity contribution in [1.82, 2.24) is 20.4 Å². The summed E-state index contributed by atoms with van der Waals surface area (Å²) in [5.74, 6) is 0.156. The first-order chi connectivity index (χ1) is 12.7. The van der Waals surface area contributed by atoms with Gasteiger partial charge in [0.05, 0.1) is 0 Å². The zero-order valence-corrected chi connectivity index (χ0v) is 16.5. The van der Waals surface area contributed by atoms with E-state index in [1.807, 2.05) is 21.9 Å². The fourth-order valence-electron chi connectivity index (χ4n) is 4.38. The van der Waals surface area contributed by atoms with Crippen molar-refractivity contribution in [2.45, 2.75) is 50.7 Å². The highest BCUT2D eigenvalue weighted by atomic mass is 35.5. The molecule has 1 aromatic carbocycles. The van der Waals surface area contributed by atoms with Crippen LogP contribution in [0.5, 0.6) is 0 Å². The van der Waals surface area contributed by atoms with Gasteiger partial charge in [-0.15, -0.1) is 12.4 Å². The average molecular weight is 393 g/mol. The number of amides is 3. The van der Waals surface area contributed by atoms with Crippen LogP contribution in [-0.4, -0.2) is 60.0 Å². The number of rotatable bonds is 3. The minimum atomic E-state index is -0.0658. The zero-order valence-electron chi connectivity index (χ0n) is 15.7. The fourth-order valence-corrected chi connectivity index (χ4v) is 4.38. The van der Waals surface area contributed by atoms with Crippen molar-refractivity contribution in [2.24, 2.45) is 0 Å². The lowest BCUT2D eigenvalue weighted by Crippen LogP contribution is -2.44. The number of carbonyl (C=O) groups is 2. The molecule has 3 aliphatic rings. The highest BCUT2D eigenvalue weighted by Gasteiger charge is 2.31. The van der Waals surface area contributed by atoms with Crippen LogP contribution in [0, 0.1) is 0 Å². The maximum Gasteiger partial charge on any atom is 0.317 e. The molecule has 0 saturated carbocycles. The van der Waals surface area contributed by atoms with Crippen LogP contribution in [0.4, 0.5) is 4.79 Å². The predicted octanol–water partition coefficient (Wildman–Crippen LogP) is 1.92. The first kappa shape index (κ1) is 20.0. The van der Waals surface area contributed by atoms with Crippen molar-refractivity contribution in [3.63, 3.8) is 0 Å². The van der Waals surface area contributed by atoms with Gasteiger partial charge in [-0.05, 0) is 36.8 Å². The number of hydrogen-bond acceptors (Lipinski definition) is 3. The molecule has 7 heteroatoms. The highest BCUT2D eigenvalue weighted by molar-refractivity contribution is 5.85. The molecular formula is C20H29ClN4O2. The largest absolute Gasteiger partial charge is 0.341 e.